The van der Waals surface area contributed by atoms with Crippen molar-refractivity contribution >= 4 is 17.0 Å². The number of hydrogen-bond acceptors (Lipinski definition) is 2. The molecule has 0 bridgehead atoms. The molecule has 0 aliphatic heterocycles. The van der Waals surface area contributed by atoms with E-state index in [1.165, 1.54) is 0 Å². The van der Waals surface area contributed by atoms with Gasteiger partial charge in [-0.1, -0.05) is 0 Å². The molecule has 0 radical (unpaired) electrons. The van der Waals surface area contributed by atoms with Gasteiger partial charge in [-0.15, -0.1) is 0 Å². The number of nitrogens with one attached hydrogen (secondary N) is 1. The molecule has 0 amide bonds. The van der Waals surface area contributed by atoms with Crippen molar-refractivity contribution in [1.82, 2.24) is 9.97 Å². The smallest absolute Gasteiger partial charge is 0.303 e. The molecule has 0 atom stereocenters. The number of rotatable bonds is 3. The molecule has 84 valence electrons. The lowest BCUT2D eigenvalue weighted by Crippen LogP contribution is -1.98. The first-order valence-electron chi connectivity index (χ1n) is 4.61. The van der Waals surface area contributed by atoms with Crippen molar-refractivity contribution in [2.24, 2.45) is 0 Å². The Bertz CT molecular complexity index is 551. The fourth-order valence-corrected chi connectivity index (χ4v) is 1.44. The number of aromatic nitrogens is 2. The summed E-state index contributed by atoms with van der Waals surface area (Å²) in [5, 5.41) is 8.47. The van der Waals surface area contributed by atoms with E-state index in [1.54, 1.807) is 0 Å². The van der Waals surface area contributed by atoms with Crippen molar-refractivity contribution in [3.05, 3.63) is 29.6 Å². The van der Waals surface area contributed by atoms with Gasteiger partial charge in [-0.3, -0.25) is 4.79 Å². The van der Waals surface area contributed by atoms with Gasteiger partial charge in [-0.2, -0.15) is 0 Å². The molecule has 0 aliphatic rings. The Kier molecular flexibility index (Phi) is 2.55. The van der Waals surface area contributed by atoms with Gasteiger partial charge in [0.25, 0.3) is 0 Å². The molecule has 0 unspecified atom stereocenters. The number of aryl methyl sites for hydroxylation is 1. The molecule has 1 aromatic heterocycles. The number of benzene rings is 1. The number of carboxylic acid groups (broad SMARTS) is 1. The minimum atomic E-state index is -0.966. The Morgan fingerprint density at radius 3 is 2.88 bits per heavy atom. The van der Waals surface area contributed by atoms with E-state index in [0.717, 1.165) is 12.1 Å². The predicted octanol–water partition coefficient (Wildman–Crippen LogP) is 1.86. The number of halogens is 2. The zero-order valence-electron chi connectivity index (χ0n) is 8.13. The van der Waals surface area contributed by atoms with Crippen LogP contribution in [0.25, 0.3) is 11.0 Å². The number of carboxylic acids is 1. The number of hydrogen-bond donors (Lipinski definition) is 2. The highest BCUT2D eigenvalue weighted by atomic mass is 19.1. The first-order valence-corrected chi connectivity index (χ1v) is 4.61. The summed E-state index contributed by atoms with van der Waals surface area (Å²) in [6.07, 6.45) is 0.0506. The molecular formula is C10H8F2N2O2. The molecule has 0 aliphatic carbocycles. The van der Waals surface area contributed by atoms with Crippen LogP contribution < -0.4 is 0 Å². The molecule has 1 aromatic carbocycles. The van der Waals surface area contributed by atoms with Gasteiger partial charge in [0.2, 0.25) is 0 Å². The molecule has 16 heavy (non-hydrogen) atoms. The van der Waals surface area contributed by atoms with Crippen LogP contribution in [0.2, 0.25) is 0 Å². The van der Waals surface area contributed by atoms with Crippen molar-refractivity contribution in [2.45, 2.75) is 12.8 Å². The van der Waals surface area contributed by atoms with Crippen molar-refractivity contribution in [1.29, 1.82) is 0 Å². The van der Waals surface area contributed by atoms with E-state index < -0.39 is 17.6 Å². The minimum Gasteiger partial charge on any atom is -0.481 e. The standard InChI is InChI=1S/C10H8F2N2O2/c11-5-3-6(12)10-7(4-5)13-8(14-10)1-2-9(15)16/h3-4H,1-2H2,(H,13,14)(H,15,16). The van der Waals surface area contributed by atoms with E-state index in [-0.39, 0.29) is 23.9 Å². The highest BCUT2D eigenvalue weighted by Crippen LogP contribution is 2.17. The topological polar surface area (TPSA) is 66.0 Å². The predicted molar refractivity (Wildman–Crippen MR) is 52.0 cm³/mol. The summed E-state index contributed by atoms with van der Waals surface area (Å²) in [7, 11) is 0. The summed E-state index contributed by atoms with van der Waals surface area (Å²) in [6, 6.07) is 1.86. The number of imidazole rings is 1. The molecule has 0 saturated heterocycles. The maximum absolute atomic E-state index is 13.2. The highest BCUT2D eigenvalue weighted by molar-refractivity contribution is 5.76. The molecule has 0 saturated carbocycles. The van der Waals surface area contributed by atoms with Gasteiger partial charge in [0.15, 0.2) is 5.82 Å². The van der Waals surface area contributed by atoms with Gasteiger partial charge >= 0.3 is 5.97 Å². The monoisotopic (exact) mass is 226 g/mol. The number of nitrogens with zero attached hydrogens (tertiary/aromatic N) is 1. The lowest BCUT2D eigenvalue weighted by atomic mass is 10.3. The molecule has 2 rings (SSSR count). The van der Waals surface area contributed by atoms with Crippen LogP contribution in [0, 0.1) is 11.6 Å². The Morgan fingerprint density at radius 2 is 2.19 bits per heavy atom. The van der Waals surface area contributed by atoms with Gasteiger partial charge in [0, 0.05) is 12.5 Å². The Balaban J connectivity index is 2.36. The minimum absolute atomic E-state index is 0.0294. The van der Waals surface area contributed by atoms with E-state index in [4.69, 9.17) is 5.11 Å². The molecule has 0 fully saturated rings. The van der Waals surface area contributed by atoms with Gasteiger partial charge in [-0.05, 0) is 6.07 Å². The summed E-state index contributed by atoms with van der Waals surface area (Å²) in [5.74, 6) is -2.08. The van der Waals surface area contributed by atoms with E-state index in [2.05, 4.69) is 9.97 Å². The molecular weight excluding hydrogens is 218 g/mol. The van der Waals surface area contributed by atoms with Crippen LogP contribution >= 0.6 is 0 Å². The third kappa shape index (κ3) is 2.00. The quantitative estimate of drug-likeness (QED) is 0.839. The number of fused-ring (bicyclic) bond motifs is 1. The average Bonchev–Trinajstić information content (AvgIpc) is 2.57. The number of aromatic amines is 1. The summed E-state index contributed by atoms with van der Waals surface area (Å²) in [5.41, 5.74) is 0.264. The molecule has 6 heteroatoms. The summed E-state index contributed by atoms with van der Waals surface area (Å²) >= 11 is 0. The first-order chi connectivity index (χ1) is 7.56. The molecule has 1 heterocycles. The van der Waals surface area contributed by atoms with Gasteiger partial charge < -0.3 is 10.1 Å². The number of aliphatic carboxylic acids is 1. The zero-order chi connectivity index (χ0) is 11.7. The van der Waals surface area contributed by atoms with E-state index in [9.17, 15) is 13.6 Å². The molecule has 0 spiro atoms. The van der Waals surface area contributed by atoms with Crippen LogP contribution in [0.15, 0.2) is 12.1 Å². The normalized spacial score (nSPS) is 10.9. The maximum Gasteiger partial charge on any atom is 0.303 e. The number of carbonyl (C=O) groups is 1. The summed E-state index contributed by atoms with van der Waals surface area (Å²) in [6.45, 7) is 0. The Hall–Kier alpha value is -1.98. The summed E-state index contributed by atoms with van der Waals surface area (Å²) in [4.78, 5) is 16.9. The highest BCUT2D eigenvalue weighted by Gasteiger charge is 2.10. The zero-order valence-corrected chi connectivity index (χ0v) is 8.13. The number of H-pyrrole nitrogens is 1. The van der Waals surface area contributed by atoms with Crippen LogP contribution in [0.1, 0.15) is 12.2 Å². The van der Waals surface area contributed by atoms with Crippen molar-refractivity contribution in [3.63, 3.8) is 0 Å². The van der Waals surface area contributed by atoms with Gasteiger partial charge in [0.1, 0.15) is 17.2 Å². The maximum atomic E-state index is 13.2. The van der Waals surface area contributed by atoms with Gasteiger partial charge in [-0.25, -0.2) is 13.8 Å². The van der Waals surface area contributed by atoms with E-state index in [1.807, 2.05) is 0 Å². The molecule has 2 N–H and O–H groups in total. The lowest BCUT2D eigenvalue weighted by Gasteiger charge is -1.90. The Morgan fingerprint density at radius 1 is 1.44 bits per heavy atom. The average molecular weight is 226 g/mol. The largest absolute Gasteiger partial charge is 0.481 e. The van der Waals surface area contributed by atoms with Crippen LogP contribution in [-0.2, 0) is 11.2 Å². The fourth-order valence-electron chi connectivity index (χ4n) is 1.44. The van der Waals surface area contributed by atoms with Crippen molar-refractivity contribution < 1.29 is 18.7 Å². The molecule has 4 nitrogen and oxygen atoms in total. The van der Waals surface area contributed by atoms with Crippen molar-refractivity contribution in [3.8, 4) is 0 Å². The second-order valence-corrected chi connectivity index (χ2v) is 3.36. The van der Waals surface area contributed by atoms with E-state index >= 15 is 0 Å². The second-order valence-electron chi connectivity index (χ2n) is 3.36. The summed E-state index contributed by atoms with van der Waals surface area (Å²) < 4.78 is 26.1. The molecule has 2 aromatic rings. The van der Waals surface area contributed by atoms with Crippen LogP contribution in [0.5, 0.6) is 0 Å². The third-order valence-electron chi connectivity index (χ3n) is 2.13. The SMILES string of the molecule is O=C(O)CCc1nc2c(F)cc(F)cc2[nH]1. The fraction of sp³-hybridized carbons (Fsp3) is 0.200. The lowest BCUT2D eigenvalue weighted by molar-refractivity contribution is -0.137. The van der Waals surface area contributed by atoms with Crippen molar-refractivity contribution in [2.75, 3.05) is 0 Å². The first kappa shape index (κ1) is 10.5. The van der Waals surface area contributed by atoms with Gasteiger partial charge in [0.05, 0.1) is 11.9 Å². The van der Waals surface area contributed by atoms with Crippen LogP contribution in [0.4, 0.5) is 8.78 Å². The van der Waals surface area contributed by atoms with Crippen LogP contribution in [-0.4, -0.2) is 21.0 Å². The van der Waals surface area contributed by atoms with E-state index in [0.29, 0.717) is 5.82 Å². The van der Waals surface area contributed by atoms with Crippen LogP contribution in [0.3, 0.4) is 0 Å². The second kappa shape index (κ2) is 3.88. The Labute approximate surface area is 88.9 Å². The third-order valence-corrected chi connectivity index (χ3v) is 2.13.